The van der Waals surface area contributed by atoms with Crippen LogP contribution in [-0.2, 0) is 11.4 Å². The molecule has 0 aliphatic rings. The fraction of sp³-hybridized carbons (Fsp3) is 0.160. The van der Waals surface area contributed by atoms with Gasteiger partial charge in [-0.25, -0.2) is 0 Å². The molecule has 1 N–H and O–H groups in total. The first-order valence-electron chi connectivity index (χ1n) is 9.85. The molecule has 0 spiro atoms. The highest BCUT2D eigenvalue weighted by Crippen LogP contribution is 2.25. The molecule has 0 saturated heterocycles. The summed E-state index contributed by atoms with van der Waals surface area (Å²) in [5.41, 5.74) is 2.38. The van der Waals surface area contributed by atoms with Crippen LogP contribution >= 0.6 is 15.9 Å². The monoisotopic (exact) mass is 481 g/mol. The van der Waals surface area contributed by atoms with Crippen LogP contribution in [0.3, 0.4) is 0 Å². The van der Waals surface area contributed by atoms with Crippen LogP contribution in [0.2, 0.25) is 0 Å². The minimum atomic E-state index is -0.240. The Balaban J connectivity index is 1.68. The Hall–Kier alpha value is -3.25. The van der Waals surface area contributed by atoms with Crippen LogP contribution in [0.1, 0.15) is 18.1 Å². The van der Waals surface area contributed by atoms with Crippen LogP contribution in [0.5, 0.6) is 17.2 Å². The van der Waals surface area contributed by atoms with Crippen LogP contribution in [-0.4, -0.2) is 19.6 Å². The van der Waals surface area contributed by atoms with Crippen molar-refractivity contribution >= 4 is 33.6 Å². The van der Waals surface area contributed by atoms with Crippen molar-refractivity contribution in [2.45, 2.75) is 13.5 Å². The highest BCUT2D eigenvalue weighted by Gasteiger charge is 2.07. The Morgan fingerprint density at radius 1 is 1.00 bits per heavy atom. The second-order valence-electron chi connectivity index (χ2n) is 6.57. The molecule has 3 aromatic carbocycles. The minimum Gasteiger partial charge on any atom is -0.496 e. The van der Waals surface area contributed by atoms with E-state index in [9.17, 15) is 4.79 Å². The molecule has 5 nitrogen and oxygen atoms in total. The van der Waals surface area contributed by atoms with Crippen molar-refractivity contribution < 1.29 is 19.0 Å². The summed E-state index contributed by atoms with van der Waals surface area (Å²) in [5, 5.41) is 2.85. The largest absolute Gasteiger partial charge is 0.496 e. The SMILES string of the molecule is CCOc1ccccc1NC(=O)/C=C/c1ccc(OC)c(COc2ccc(Br)cc2)c1. The first kappa shape index (κ1) is 22.4. The molecule has 3 aromatic rings. The van der Waals surface area contributed by atoms with E-state index in [1.54, 1.807) is 13.2 Å². The zero-order valence-corrected chi connectivity index (χ0v) is 19.0. The van der Waals surface area contributed by atoms with Gasteiger partial charge in [-0.1, -0.05) is 34.1 Å². The van der Waals surface area contributed by atoms with Crippen molar-refractivity contribution in [1.29, 1.82) is 0 Å². The number of ether oxygens (including phenoxy) is 3. The van der Waals surface area contributed by atoms with Crippen molar-refractivity contribution in [1.82, 2.24) is 0 Å². The number of amides is 1. The molecule has 0 saturated carbocycles. The number of hydrogen-bond acceptors (Lipinski definition) is 4. The van der Waals surface area contributed by atoms with Crippen molar-refractivity contribution in [2.75, 3.05) is 19.0 Å². The molecule has 0 aromatic heterocycles. The standard InChI is InChI=1S/C25H24BrNO4/c1-3-30-24-7-5-4-6-22(24)27-25(28)15-9-18-8-14-23(29-2)19(16-18)17-31-21-12-10-20(26)11-13-21/h4-16H,3,17H2,1-2H3,(H,27,28)/b15-9+. The van der Waals surface area contributed by atoms with Gasteiger partial charge < -0.3 is 19.5 Å². The number of para-hydroxylation sites is 2. The summed E-state index contributed by atoms with van der Waals surface area (Å²) in [4.78, 5) is 12.4. The number of hydrogen-bond donors (Lipinski definition) is 1. The van der Waals surface area contributed by atoms with E-state index in [-0.39, 0.29) is 5.91 Å². The third kappa shape index (κ3) is 6.62. The number of rotatable bonds is 9. The van der Waals surface area contributed by atoms with Crippen LogP contribution < -0.4 is 19.5 Å². The summed E-state index contributed by atoms with van der Waals surface area (Å²) in [7, 11) is 1.62. The van der Waals surface area contributed by atoms with Crippen LogP contribution in [0.25, 0.3) is 6.08 Å². The van der Waals surface area contributed by atoms with Crippen LogP contribution in [0, 0.1) is 0 Å². The average molecular weight is 482 g/mol. The van der Waals surface area contributed by atoms with Gasteiger partial charge in [0.2, 0.25) is 5.91 Å². The average Bonchev–Trinajstić information content (AvgIpc) is 2.79. The summed E-state index contributed by atoms with van der Waals surface area (Å²) >= 11 is 3.41. The fourth-order valence-electron chi connectivity index (χ4n) is 2.90. The first-order valence-corrected chi connectivity index (χ1v) is 10.6. The number of methoxy groups -OCH3 is 1. The van der Waals surface area contributed by atoms with Gasteiger partial charge >= 0.3 is 0 Å². The lowest BCUT2D eigenvalue weighted by atomic mass is 10.1. The molecule has 0 radical (unpaired) electrons. The first-order chi connectivity index (χ1) is 15.1. The van der Waals surface area contributed by atoms with Gasteiger partial charge in [0.15, 0.2) is 0 Å². The molecule has 0 heterocycles. The maximum Gasteiger partial charge on any atom is 0.248 e. The molecule has 0 atom stereocenters. The van der Waals surface area contributed by atoms with Gasteiger partial charge in [0.1, 0.15) is 23.9 Å². The third-order valence-electron chi connectivity index (χ3n) is 4.38. The molecule has 160 valence electrons. The minimum absolute atomic E-state index is 0.240. The van der Waals surface area contributed by atoms with Crippen molar-refractivity contribution in [3.8, 4) is 17.2 Å². The van der Waals surface area contributed by atoms with E-state index in [0.29, 0.717) is 24.7 Å². The Kier molecular flexibility index (Phi) is 8.12. The Morgan fingerprint density at radius 2 is 1.77 bits per heavy atom. The lowest BCUT2D eigenvalue weighted by Crippen LogP contribution is -2.09. The van der Waals surface area contributed by atoms with E-state index in [4.69, 9.17) is 14.2 Å². The summed E-state index contributed by atoms with van der Waals surface area (Å²) in [6.45, 7) is 2.78. The maximum absolute atomic E-state index is 12.4. The Morgan fingerprint density at radius 3 is 2.52 bits per heavy atom. The molecule has 0 aliphatic carbocycles. The quantitative estimate of drug-likeness (QED) is 0.375. The van der Waals surface area contributed by atoms with Gasteiger partial charge in [-0.05, 0) is 67.1 Å². The van der Waals surface area contributed by atoms with Crippen LogP contribution in [0.15, 0.2) is 77.3 Å². The zero-order chi connectivity index (χ0) is 22.1. The molecule has 1 amide bonds. The Labute approximate surface area is 190 Å². The smallest absolute Gasteiger partial charge is 0.248 e. The lowest BCUT2D eigenvalue weighted by Gasteiger charge is -2.11. The van der Waals surface area contributed by atoms with E-state index in [2.05, 4.69) is 21.2 Å². The number of carbonyl (C=O) groups excluding carboxylic acids is 1. The molecule has 3 rings (SSSR count). The van der Waals surface area contributed by atoms with E-state index in [0.717, 1.165) is 27.1 Å². The van der Waals surface area contributed by atoms with Gasteiger partial charge in [-0.3, -0.25) is 4.79 Å². The topological polar surface area (TPSA) is 56.8 Å². The normalized spacial score (nSPS) is 10.7. The van der Waals surface area contributed by atoms with Gasteiger partial charge in [0.05, 0.1) is 19.4 Å². The summed E-state index contributed by atoms with van der Waals surface area (Å²) in [6.07, 6.45) is 3.24. The molecule has 0 unspecified atom stereocenters. The number of anilines is 1. The number of halogens is 1. The van der Waals surface area contributed by atoms with Crippen molar-refractivity contribution in [3.63, 3.8) is 0 Å². The molecule has 31 heavy (non-hydrogen) atoms. The van der Waals surface area contributed by atoms with E-state index >= 15 is 0 Å². The molecule has 6 heteroatoms. The molecular weight excluding hydrogens is 458 g/mol. The predicted octanol–water partition coefficient (Wildman–Crippen LogP) is 6.09. The van der Waals surface area contributed by atoms with E-state index in [1.165, 1.54) is 6.08 Å². The summed E-state index contributed by atoms with van der Waals surface area (Å²) in [5.74, 6) is 1.89. The molecule has 0 aliphatic heterocycles. The van der Waals surface area contributed by atoms with Gasteiger partial charge in [-0.15, -0.1) is 0 Å². The molecule has 0 fully saturated rings. The molecule has 0 bridgehead atoms. The van der Waals surface area contributed by atoms with E-state index < -0.39 is 0 Å². The zero-order valence-electron chi connectivity index (χ0n) is 17.4. The number of nitrogens with one attached hydrogen (secondary N) is 1. The second kappa shape index (κ2) is 11.2. The molecular formula is C25H24BrNO4. The highest BCUT2D eigenvalue weighted by atomic mass is 79.9. The maximum atomic E-state index is 12.4. The number of carbonyl (C=O) groups is 1. The van der Waals surface area contributed by atoms with Gasteiger partial charge in [0, 0.05) is 16.1 Å². The van der Waals surface area contributed by atoms with Gasteiger partial charge in [-0.2, -0.15) is 0 Å². The van der Waals surface area contributed by atoms with Gasteiger partial charge in [0.25, 0.3) is 0 Å². The summed E-state index contributed by atoms with van der Waals surface area (Å²) in [6, 6.07) is 20.7. The van der Waals surface area contributed by atoms with Crippen LogP contribution in [0.4, 0.5) is 5.69 Å². The third-order valence-corrected chi connectivity index (χ3v) is 4.91. The van der Waals surface area contributed by atoms with E-state index in [1.807, 2.05) is 73.7 Å². The lowest BCUT2D eigenvalue weighted by molar-refractivity contribution is -0.111. The second-order valence-corrected chi connectivity index (χ2v) is 7.48. The fourth-order valence-corrected chi connectivity index (χ4v) is 3.17. The number of benzene rings is 3. The predicted molar refractivity (Wildman–Crippen MR) is 127 cm³/mol. The van der Waals surface area contributed by atoms with Crippen molar-refractivity contribution in [2.24, 2.45) is 0 Å². The highest BCUT2D eigenvalue weighted by molar-refractivity contribution is 9.10. The van der Waals surface area contributed by atoms with Crippen molar-refractivity contribution in [3.05, 3.63) is 88.4 Å². The summed E-state index contributed by atoms with van der Waals surface area (Å²) < 4.78 is 17.8. The Bertz CT molecular complexity index is 1050.